The molecule has 0 aliphatic rings. The Morgan fingerprint density at radius 2 is 0.938 bits per heavy atom. The lowest BCUT2D eigenvalue weighted by Crippen LogP contribution is -2.00. The SMILES string of the molecule is C=CSc1c(F)c(F)c(SC=C)c(F)c1F. The molecule has 0 aromatic heterocycles. The van der Waals surface area contributed by atoms with E-state index in [9.17, 15) is 17.6 Å². The van der Waals surface area contributed by atoms with Gasteiger partial charge in [-0.1, -0.05) is 36.7 Å². The first kappa shape index (κ1) is 13.2. The summed E-state index contributed by atoms with van der Waals surface area (Å²) in [6.07, 6.45) is 0. The molecule has 0 amide bonds. The number of hydrogen-bond acceptors (Lipinski definition) is 2. The van der Waals surface area contributed by atoms with Gasteiger partial charge < -0.3 is 0 Å². The fourth-order valence-electron chi connectivity index (χ4n) is 0.965. The number of halogens is 4. The second kappa shape index (κ2) is 5.45. The van der Waals surface area contributed by atoms with E-state index in [0.29, 0.717) is 23.5 Å². The topological polar surface area (TPSA) is 0 Å². The highest BCUT2D eigenvalue weighted by Crippen LogP contribution is 2.36. The molecule has 1 aromatic rings. The maximum absolute atomic E-state index is 13.3. The van der Waals surface area contributed by atoms with Crippen LogP contribution in [0.25, 0.3) is 0 Å². The second-order valence-electron chi connectivity index (χ2n) is 2.48. The highest BCUT2D eigenvalue weighted by molar-refractivity contribution is 8.02. The first-order chi connectivity index (χ1) is 7.54. The fourth-order valence-corrected chi connectivity index (χ4v) is 2.07. The molecule has 16 heavy (non-hydrogen) atoms. The molecular formula is C10H6F4S2. The number of thioether (sulfide) groups is 2. The van der Waals surface area contributed by atoms with Gasteiger partial charge >= 0.3 is 0 Å². The van der Waals surface area contributed by atoms with Crippen molar-refractivity contribution in [1.29, 1.82) is 0 Å². The lowest BCUT2D eigenvalue weighted by molar-refractivity contribution is 0.401. The molecule has 0 nitrogen and oxygen atoms in total. The second-order valence-corrected chi connectivity index (χ2v) is 4.44. The van der Waals surface area contributed by atoms with Crippen molar-refractivity contribution >= 4 is 23.5 Å². The summed E-state index contributed by atoms with van der Waals surface area (Å²) >= 11 is 0.965. The predicted molar refractivity (Wildman–Crippen MR) is 58.4 cm³/mol. The van der Waals surface area contributed by atoms with Gasteiger partial charge in [0.15, 0.2) is 23.3 Å². The summed E-state index contributed by atoms with van der Waals surface area (Å²) in [5.41, 5.74) is 0. The standard InChI is InChI=1S/C10H6F4S2/c1-3-15-9-5(11)7(13)10(16-4-2)8(14)6(9)12/h3-4H,1-2H2. The summed E-state index contributed by atoms with van der Waals surface area (Å²) < 4.78 is 53.3. The van der Waals surface area contributed by atoms with Gasteiger partial charge in [-0.05, 0) is 10.8 Å². The zero-order chi connectivity index (χ0) is 12.3. The quantitative estimate of drug-likeness (QED) is 0.439. The summed E-state index contributed by atoms with van der Waals surface area (Å²) in [5, 5.41) is 2.17. The zero-order valence-electron chi connectivity index (χ0n) is 7.90. The van der Waals surface area contributed by atoms with Crippen molar-refractivity contribution in [3.8, 4) is 0 Å². The molecule has 0 radical (unpaired) electrons. The average Bonchev–Trinajstić information content (AvgIpc) is 2.28. The van der Waals surface area contributed by atoms with Crippen LogP contribution in [0.4, 0.5) is 17.6 Å². The van der Waals surface area contributed by atoms with Gasteiger partial charge in [-0.25, -0.2) is 17.6 Å². The summed E-state index contributed by atoms with van der Waals surface area (Å²) in [4.78, 5) is -1.48. The molecule has 0 saturated heterocycles. The van der Waals surface area contributed by atoms with E-state index < -0.39 is 33.1 Å². The van der Waals surface area contributed by atoms with Crippen molar-refractivity contribution in [1.82, 2.24) is 0 Å². The minimum atomic E-state index is -1.42. The molecule has 1 rings (SSSR count). The van der Waals surface area contributed by atoms with E-state index in [4.69, 9.17) is 0 Å². The highest BCUT2D eigenvalue weighted by Gasteiger charge is 2.24. The van der Waals surface area contributed by atoms with Gasteiger partial charge in [0.25, 0.3) is 0 Å². The van der Waals surface area contributed by atoms with Crippen LogP contribution in [0.1, 0.15) is 0 Å². The average molecular weight is 266 g/mol. The van der Waals surface area contributed by atoms with Crippen LogP contribution >= 0.6 is 23.5 Å². The molecule has 0 aliphatic heterocycles. The van der Waals surface area contributed by atoms with Crippen LogP contribution < -0.4 is 0 Å². The molecule has 1 aromatic carbocycles. The monoisotopic (exact) mass is 266 g/mol. The Kier molecular flexibility index (Phi) is 4.49. The van der Waals surface area contributed by atoms with Crippen molar-refractivity contribution in [2.24, 2.45) is 0 Å². The van der Waals surface area contributed by atoms with Crippen molar-refractivity contribution < 1.29 is 17.6 Å². The number of hydrogen-bond donors (Lipinski definition) is 0. The van der Waals surface area contributed by atoms with Crippen LogP contribution in [0, 0.1) is 23.3 Å². The summed E-state index contributed by atoms with van der Waals surface area (Å²) in [7, 11) is 0. The summed E-state index contributed by atoms with van der Waals surface area (Å²) in [5.74, 6) is -5.69. The van der Waals surface area contributed by atoms with Gasteiger partial charge in [0.1, 0.15) is 0 Å². The van der Waals surface area contributed by atoms with Crippen LogP contribution in [0.5, 0.6) is 0 Å². The van der Waals surface area contributed by atoms with Gasteiger partial charge in [0.05, 0.1) is 9.79 Å². The third-order valence-electron chi connectivity index (χ3n) is 1.59. The van der Waals surface area contributed by atoms with Crippen molar-refractivity contribution in [3.63, 3.8) is 0 Å². The van der Waals surface area contributed by atoms with E-state index in [0.717, 1.165) is 10.8 Å². The molecule has 6 heteroatoms. The lowest BCUT2D eigenvalue weighted by atomic mass is 10.3. The van der Waals surface area contributed by atoms with E-state index in [1.54, 1.807) is 0 Å². The van der Waals surface area contributed by atoms with Gasteiger partial charge in [0, 0.05) is 0 Å². The van der Waals surface area contributed by atoms with Crippen molar-refractivity contribution in [2.45, 2.75) is 9.79 Å². The predicted octanol–water partition coefficient (Wildman–Crippen LogP) is 4.71. The molecular weight excluding hydrogens is 260 g/mol. The molecule has 0 saturated carbocycles. The maximum atomic E-state index is 13.3. The summed E-state index contributed by atoms with van der Waals surface area (Å²) in [6, 6.07) is 0. The molecule has 0 aliphatic carbocycles. The largest absolute Gasteiger partial charge is 0.202 e. The van der Waals surface area contributed by atoms with E-state index in [-0.39, 0.29) is 0 Å². The number of rotatable bonds is 4. The van der Waals surface area contributed by atoms with E-state index in [1.807, 2.05) is 0 Å². The summed E-state index contributed by atoms with van der Waals surface area (Å²) in [6.45, 7) is 6.44. The molecule has 0 fully saturated rings. The van der Waals surface area contributed by atoms with Gasteiger partial charge in [-0.3, -0.25) is 0 Å². The third-order valence-corrected chi connectivity index (χ3v) is 3.11. The highest BCUT2D eigenvalue weighted by atomic mass is 32.2. The zero-order valence-corrected chi connectivity index (χ0v) is 9.53. The Hall–Kier alpha value is -0.880. The molecule has 0 bridgehead atoms. The molecule has 0 unspecified atom stereocenters. The van der Waals surface area contributed by atoms with Crippen LogP contribution in [0.2, 0.25) is 0 Å². The van der Waals surface area contributed by atoms with Crippen LogP contribution in [0.3, 0.4) is 0 Å². The van der Waals surface area contributed by atoms with Crippen LogP contribution in [-0.2, 0) is 0 Å². The smallest absolute Gasteiger partial charge is 0.177 e. The molecule has 0 N–H and O–H groups in total. The molecule has 0 atom stereocenters. The Morgan fingerprint density at radius 1 is 0.688 bits per heavy atom. The van der Waals surface area contributed by atoms with Crippen LogP contribution in [-0.4, -0.2) is 0 Å². The Morgan fingerprint density at radius 3 is 1.12 bits per heavy atom. The van der Waals surface area contributed by atoms with Gasteiger partial charge in [0.2, 0.25) is 0 Å². The Bertz CT molecular complexity index is 373. The first-order valence-electron chi connectivity index (χ1n) is 3.95. The van der Waals surface area contributed by atoms with Crippen molar-refractivity contribution in [3.05, 3.63) is 47.2 Å². The van der Waals surface area contributed by atoms with Gasteiger partial charge in [-0.15, -0.1) is 0 Å². The van der Waals surface area contributed by atoms with Crippen LogP contribution in [0.15, 0.2) is 33.8 Å². The van der Waals surface area contributed by atoms with E-state index >= 15 is 0 Å². The lowest BCUT2D eigenvalue weighted by Gasteiger charge is -2.08. The minimum absolute atomic E-state index is 0.482. The normalized spacial score (nSPS) is 10.2. The third kappa shape index (κ3) is 2.27. The van der Waals surface area contributed by atoms with Gasteiger partial charge in [-0.2, -0.15) is 0 Å². The molecule has 0 heterocycles. The minimum Gasteiger partial charge on any atom is -0.202 e. The Labute approximate surface area is 98.4 Å². The maximum Gasteiger partial charge on any atom is 0.177 e. The molecule has 86 valence electrons. The first-order valence-corrected chi connectivity index (χ1v) is 5.71. The fraction of sp³-hybridized carbons (Fsp3) is 0. The Balaban J connectivity index is 3.48. The van der Waals surface area contributed by atoms with Crippen molar-refractivity contribution in [2.75, 3.05) is 0 Å². The molecule has 0 spiro atoms. The number of benzene rings is 1. The van der Waals surface area contributed by atoms with E-state index in [2.05, 4.69) is 13.2 Å². The van der Waals surface area contributed by atoms with E-state index in [1.165, 1.54) is 0 Å².